The molecular weight excluding hydrogens is 350 g/mol. The van der Waals surface area contributed by atoms with E-state index in [0.717, 1.165) is 33.3 Å². The van der Waals surface area contributed by atoms with Crippen LogP contribution in [0.5, 0.6) is 0 Å². The van der Waals surface area contributed by atoms with Crippen molar-refractivity contribution >= 4 is 22.5 Å². The van der Waals surface area contributed by atoms with E-state index in [1.54, 1.807) is 13.3 Å². The molecule has 0 saturated heterocycles. The van der Waals surface area contributed by atoms with Gasteiger partial charge in [0.05, 0.1) is 18.7 Å². The first kappa shape index (κ1) is 20.0. The highest BCUT2D eigenvalue weighted by atomic mass is 16.5. The number of aromatic nitrogens is 1. The fraction of sp³-hybridized carbons (Fsp3) is 0.304. The SMILES string of the molecule is COCCN(CC(=O)Nc1cccc(C)c1C)Cc1cccc2cccnc12. The van der Waals surface area contributed by atoms with Gasteiger partial charge in [0.25, 0.3) is 0 Å². The van der Waals surface area contributed by atoms with Crippen LogP contribution in [0.1, 0.15) is 16.7 Å². The van der Waals surface area contributed by atoms with Crippen molar-refractivity contribution < 1.29 is 9.53 Å². The Bertz CT molecular complexity index is 950. The van der Waals surface area contributed by atoms with Gasteiger partial charge in [-0.1, -0.05) is 36.4 Å². The third-order valence-electron chi connectivity index (χ3n) is 4.97. The van der Waals surface area contributed by atoms with E-state index in [0.29, 0.717) is 26.2 Å². The number of ether oxygens (including phenoxy) is 1. The van der Waals surface area contributed by atoms with Gasteiger partial charge in [0, 0.05) is 37.5 Å². The molecule has 2 aromatic carbocycles. The fourth-order valence-corrected chi connectivity index (χ4v) is 3.25. The van der Waals surface area contributed by atoms with E-state index in [-0.39, 0.29) is 5.91 Å². The number of anilines is 1. The van der Waals surface area contributed by atoms with Crippen LogP contribution in [-0.4, -0.2) is 42.6 Å². The Labute approximate surface area is 166 Å². The Morgan fingerprint density at radius 2 is 1.89 bits per heavy atom. The number of nitrogens with one attached hydrogen (secondary N) is 1. The summed E-state index contributed by atoms with van der Waals surface area (Å²) in [5.74, 6) is -0.0296. The first-order valence-electron chi connectivity index (χ1n) is 9.48. The van der Waals surface area contributed by atoms with Crippen LogP contribution in [0, 0.1) is 13.8 Å². The molecule has 1 heterocycles. The number of hydrogen-bond donors (Lipinski definition) is 1. The van der Waals surface area contributed by atoms with Gasteiger partial charge in [-0.25, -0.2) is 0 Å². The number of hydrogen-bond acceptors (Lipinski definition) is 4. The summed E-state index contributed by atoms with van der Waals surface area (Å²) in [4.78, 5) is 19.3. The van der Waals surface area contributed by atoms with Gasteiger partial charge < -0.3 is 10.1 Å². The normalized spacial score (nSPS) is 11.1. The van der Waals surface area contributed by atoms with Crippen molar-refractivity contribution in [2.45, 2.75) is 20.4 Å². The van der Waals surface area contributed by atoms with Crippen LogP contribution in [0.4, 0.5) is 5.69 Å². The minimum absolute atomic E-state index is 0.0296. The zero-order chi connectivity index (χ0) is 19.9. The Hall–Kier alpha value is -2.76. The number of benzene rings is 2. The van der Waals surface area contributed by atoms with Crippen molar-refractivity contribution in [2.24, 2.45) is 0 Å². The molecule has 5 heteroatoms. The van der Waals surface area contributed by atoms with Gasteiger partial charge in [0.15, 0.2) is 0 Å². The molecule has 0 atom stereocenters. The number of carbonyl (C=O) groups excluding carboxylic acids is 1. The number of aryl methyl sites for hydroxylation is 1. The van der Waals surface area contributed by atoms with Crippen molar-refractivity contribution in [3.63, 3.8) is 0 Å². The fourth-order valence-electron chi connectivity index (χ4n) is 3.25. The molecule has 1 N–H and O–H groups in total. The Morgan fingerprint density at radius 1 is 1.11 bits per heavy atom. The van der Waals surface area contributed by atoms with E-state index in [2.05, 4.69) is 33.4 Å². The maximum atomic E-state index is 12.7. The predicted molar refractivity (Wildman–Crippen MR) is 113 cm³/mol. The number of rotatable bonds is 8. The minimum Gasteiger partial charge on any atom is -0.383 e. The molecule has 0 aliphatic carbocycles. The smallest absolute Gasteiger partial charge is 0.238 e. The first-order valence-corrected chi connectivity index (χ1v) is 9.48. The number of carbonyl (C=O) groups is 1. The highest BCUT2D eigenvalue weighted by molar-refractivity contribution is 5.93. The predicted octanol–water partition coefficient (Wildman–Crippen LogP) is 3.94. The number of methoxy groups -OCH3 is 1. The van der Waals surface area contributed by atoms with E-state index in [1.165, 1.54) is 0 Å². The van der Waals surface area contributed by atoms with Gasteiger partial charge in [-0.2, -0.15) is 0 Å². The number of para-hydroxylation sites is 1. The number of pyridine rings is 1. The van der Waals surface area contributed by atoms with Crippen LogP contribution >= 0.6 is 0 Å². The molecule has 0 radical (unpaired) electrons. The number of nitrogens with zero attached hydrogens (tertiary/aromatic N) is 2. The van der Waals surface area contributed by atoms with Crippen molar-refractivity contribution in [3.8, 4) is 0 Å². The van der Waals surface area contributed by atoms with Crippen LogP contribution in [0.3, 0.4) is 0 Å². The van der Waals surface area contributed by atoms with Gasteiger partial charge in [0.1, 0.15) is 0 Å². The van der Waals surface area contributed by atoms with Gasteiger partial charge in [-0.15, -0.1) is 0 Å². The highest BCUT2D eigenvalue weighted by Crippen LogP contribution is 2.19. The zero-order valence-electron chi connectivity index (χ0n) is 16.7. The summed E-state index contributed by atoms with van der Waals surface area (Å²) < 4.78 is 5.24. The molecular formula is C23H27N3O2. The lowest BCUT2D eigenvalue weighted by atomic mass is 10.1. The highest BCUT2D eigenvalue weighted by Gasteiger charge is 2.14. The van der Waals surface area contributed by atoms with E-state index in [4.69, 9.17) is 4.74 Å². The second-order valence-electron chi connectivity index (χ2n) is 6.99. The molecule has 3 rings (SSSR count). The number of amides is 1. The molecule has 28 heavy (non-hydrogen) atoms. The average Bonchev–Trinajstić information content (AvgIpc) is 2.70. The molecule has 1 amide bonds. The maximum Gasteiger partial charge on any atom is 0.238 e. The summed E-state index contributed by atoms with van der Waals surface area (Å²) in [5, 5.41) is 4.15. The summed E-state index contributed by atoms with van der Waals surface area (Å²) in [6.45, 7) is 6.23. The lowest BCUT2D eigenvalue weighted by Crippen LogP contribution is -2.35. The lowest BCUT2D eigenvalue weighted by Gasteiger charge is -2.22. The molecule has 5 nitrogen and oxygen atoms in total. The number of fused-ring (bicyclic) bond motifs is 1. The largest absolute Gasteiger partial charge is 0.383 e. The minimum atomic E-state index is -0.0296. The van der Waals surface area contributed by atoms with Gasteiger partial charge in [-0.3, -0.25) is 14.7 Å². The third-order valence-corrected chi connectivity index (χ3v) is 4.97. The second kappa shape index (κ2) is 9.44. The molecule has 3 aromatic rings. The molecule has 0 spiro atoms. The lowest BCUT2D eigenvalue weighted by molar-refractivity contribution is -0.117. The first-order chi connectivity index (χ1) is 13.6. The average molecular weight is 377 g/mol. The molecule has 0 aliphatic heterocycles. The maximum absolute atomic E-state index is 12.7. The molecule has 0 saturated carbocycles. The molecule has 1 aromatic heterocycles. The molecule has 146 valence electrons. The molecule has 0 unspecified atom stereocenters. The molecule has 0 aliphatic rings. The van der Waals surface area contributed by atoms with E-state index in [9.17, 15) is 4.79 Å². The summed E-state index contributed by atoms with van der Waals surface area (Å²) in [5.41, 5.74) is 5.20. The van der Waals surface area contributed by atoms with Crippen LogP contribution in [0.25, 0.3) is 10.9 Å². The van der Waals surface area contributed by atoms with Crippen molar-refractivity contribution in [3.05, 3.63) is 71.4 Å². The Morgan fingerprint density at radius 3 is 2.71 bits per heavy atom. The third kappa shape index (κ3) is 4.94. The van der Waals surface area contributed by atoms with Gasteiger partial charge >= 0.3 is 0 Å². The van der Waals surface area contributed by atoms with Crippen LogP contribution < -0.4 is 5.32 Å². The second-order valence-corrected chi connectivity index (χ2v) is 6.99. The Balaban J connectivity index is 1.74. The van der Waals surface area contributed by atoms with Crippen LogP contribution in [0.2, 0.25) is 0 Å². The van der Waals surface area contributed by atoms with E-state index < -0.39 is 0 Å². The Kier molecular flexibility index (Phi) is 6.74. The molecule has 0 fully saturated rings. The summed E-state index contributed by atoms with van der Waals surface area (Å²) >= 11 is 0. The monoisotopic (exact) mass is 377 g/mol. The van der Waals surface area contributed by atoms with E-state index >= 15 is 0 Å². The van der Waals surface area contributed by atoms with Gasteiger partial charge in [-0.05, 0) is 42.7 Å². The summed E-state index contributed by atoms with van der Waals surface area (Å²) in [7, 11) is 1.67. The topological polar surface area (TPSA) is 54.5 Å². The zero-order valence-corrected chi connectivity index (χ0v) is 16.7. The van der Waals surface area contributed by atoms with Crippen molar-refractivity contribution in [2.75, 3.05) is 32.1 Å². The van der Waals surface area contributed by atoms with Crippen molar-refractivity contribution in [1.29, 1.82) is 0 Å². The van der Waals surface area contributed by atoms with Crippen molar-refractivity contribution in [1.82, 2.24) is 9.88 Å². The van der Waals surface area contributed by atoms with Gasteiger partial charge in [0.2, 0.25) is 5.91 Å². The van der Waals surface area contributed by atoms with Crippen LogP contribution in [-0.2, 0) is 16.1 Å². The van der Waals surface area contributed by atoms with Crippen LogP contribution in [0.15, 0.2) is 54.7 Å². The standard InChI is InChI=1S/C23H27N3O2/c1-17-7-4-11-21(18(17)2)25-22(27)16-26(13-14-28-3)15-20-9-5-8-19-10-6-12-24-23(19)20/h4-12H,13-16H2,1-3H3,(H,25,27). The molecule has 0 bridgehead atoms. The summed E-state index contributed by atoms with van der Waals surface area (Å²) in [6.07, 6.45) is 1.80. The quantitative estimate of drug-likeness (QED) is 0.646. The summed E-state index contributed by atoms with van der Waals surface area (Å²) in [6, 6.07) is 16.1. The van der Waals surface area contributed by atoms with E-state index in [1.807, 2.05) is 44.2 Å².